The highest BCUT2D eigenvalue weighted by Gasteiger charge is 2.15. The molecule has 1 aliphatic carbocycles. The van der Waals surface area contributed by atoms with Crippen LogP contribution in [0.2, 0.25) is 0 Å². The van der Waals surface area contributed by atoms with E-state index in [1.807, 2.05) is 6.92 Å². The highest BCUT2D eigenvalue weighted by Crippen LogP contribution is 2.20. The summed E-state index contributed by atoms with van der Waals surface area (Å²) in [6.45, 7) is 5.68. The van der Waals surface area contributed by atoms with Crippen LogP contribution in [0.1, 0.15) is 51.9 Å². The molecule has 4 heteroatoms. The molecule has 0 aliphatic heterocycles. The zero-order valence-electron chi connectivity index (χ0n) is 9.37. The molecule has 15 heavy (non-hydrogen) atoms. The van der Waals surface area contributed by atoms with Crippen molar-refractivity contribution >= 4 is 0 Å². The normalized spacial score (nSPS) is 17.7. The Balaban J connectivity index is 1.93. The van der Waals surface area contributed by atoms with Gasteiger partial charge in [0.25, 0.3) is 0 Å². The van der Waals surface area contributed by atoms with Gasteiger partial charge in [0, 0.05) is 11.5 Å². The van der Waals surface area contributed by atoms with Gasteiger partial charge in [-0.15, -0.1) is 0 Å². The first-order chi connectivity index (χ1) is 7.33. The molecule has 1 fully saturated rings. The van der Waals surface area contributed by atoms with Crippen LogP contribution in [-0.2, 0) is 19.9 Å². The zero-order chi connectivity index (χ0) is 10.9. The van der Waals surface area contributed by atoms with E-state index >= 15 is 0 Å². The third-order valence-corrected chi connectivity index (χ3v) is 2.44. The molecule has 4 nitrogen and oxygen atoms in total. The SMILES string of the molecule is C=C(CCC)OOOOC1CCCCC1. The standard InChI is InChI=1S/C11H20O4/c1-3-7-10(2)12-14-15-13-11-8-5-4-6-9-11/h11H,2-9H2,1H3. The van der Waals surface area contributed by atoms with Crippen molar-refractivity contribution in [1.82, 2.24) is 0 Å². The van der Waals surface area contributed by atoms with Crippen LogP contribution in [-0.4, -0.2) is 6.10 Å². The summed E-state index contributed by atoms with van der Waals surface area (Å²) in [4.78, 5) is 9.75. The van der Waals surface area contributed by atoms with Crippen LogP contribution in [0.15, 0.2) is 12.3 Å². The Kier molecular flexibility index (Phi) is 6.39. The molecule has 1 rings (SSSR count). The number of rotatable bonds is 7. The first-order valence-electron chi connectivity index (χ1n) is 5.67. The van der Waals surface area contributed by atoms with E-state index in [1.54, 1.807) is 0 Å². The molecule has 0 unspecified atom stereocenters. The van der Waals surface area contributed by atoms with E-state index in [9.17, 15) is 0 Å². The summed E-state index contributed by atoms with van der Waals surface area (Å²) < 4.78 is 0. The topological polar surface area (TPSA) is 36.9 Å². The molecule has 0 heterocycles. The lowest BCUT2D eigenvalue weighted by Crippen LogP contribution is -2.17. The second kappa shape index (κ2) is 7.68. The lowest BCUT2D eigenvalue weighted by atomic mass is 9.98. The molecule has 0 radical (unpaired) electrons. The average molecular weight is 216 g/mol. The van der Waals surface area contributed by atoms with Crippen LogP contribution < -0.4 is 0 Å². The van der Waals surface area contributed by atoms with Gasteiger partial charge in [-0.2, -0.15) is 4.89 Å². The highest BCUT2D eigenvalue weighted by molar-refractivity contribution is 4.78. The van der Waals surface area contributed by atoms with Gasteiger partial charge >= 0.3 is 0 Å². The van der Waals surface area contributed by atoms with E-state index in [2.05, 4.69) is 16.7 Å². The summed E-state index contributed by atoms with van der Waals surface area (Å²) in [6, 6.07) is 0. The summed E-state index contributed by atoms with van der Waals surface area (Å²) in [5, 5.41) is 8.94. The van der Waals surface area contributed by atoms with Crippen LogP contribution in [0.3, 0.4) is 0 Å². The second-order valence-corrected chi connectivity index (χ2v) is 3.86. The highest BCUT2D eigenvalue weighted by atomic mass is 17.7. The van der Waals surface area contributed by atoms with Crippen molar-refractivity contribution in [3.63, 3.8) is 0 Å². The van der Waals surface area contributed by atoms with Gasteiger partial charge < -0.3 is 4.89 Å². The van der Waals surface area contributed by atoms with Crippen molar-refractivity contribution in [3.8, 4) is 0 Å². The Morgan fingerprint density at radius 3 is 2.60 bits per heavy atom. The van der Waals surface area contributed by atoms with Crippen molar-refractivity contribution in [2.24, 2.45) is 0 Å². The fraction of sp³-hybridized carbons (Fsp3) is 0.818. The lowest BCUT2D eigenvalue weighted by molar-refractivity contribution is -0.633. The molecule has 0 aromatic rings. The second-order valence-electron chi connectivity index (χ2n) is 3.86. The van der Waals surface area contributed by atoms with E-state index in [4.69, 9.17) is 9.78 Å². The zero-order valence-corrected chi connectivity index (χ0v) is 9.37. The van der Waals surface area contributed by atoms with Crippen molar-refractivity contribution < 1.29 is 19.9 Å². The number of allylic oxidation sites excluding steroid dienone is 1. The first-order valence-corrected chi connectivity index (χ1v) is 5.67. The molecule has 1 saturated carbocycles. The Hall–Kier alpha value is -0.580. The van der Waals surface area contributed by atoms with Gasteiger partial charge in [0.1, 0.15) is 5.76 Å². The van der Waals surface area contributed by atoms with Crippen molar-refractivity contribution in [1.29, 1.82) is 0 Å². The Labute approximate surface area is 90.9 Å². The molecule has 0 spiro atoms. The molecule has 1 aliphatic rings. The molecule has 0 bridgehead atoms. The molecule has 0 aromatic carbocycles. The maximum Gasteiger partial charge on any atom is 0.138 e. The molecule has 0 N–H and O–H groups in total. The van der Waals surface area contributed by atoms with E-state index in [-0.39, 0.29) is 6.10 Å². The maximum atomic E-state index is 5.02. The van der Waals surface area contributed by atoms with E-state index < -0.39 is 0 Å². The van der Waals surface area contributed by atoms with Crippen molar-refractivity contribution in [2.75, 3.05) is 0 Å². The molecule has 0 saturated heterocycles. The summed E-state index contributed by atoms with van der Waals surface area (Å²) >= 11 is 0. The van der Waals surface area contributed by atoms with Crippen LogP contribution in [0.5, 0.6) is 0 Å². The first kappa shape index (κ1) is 12.5. The summed E-state index contributed by atoms with van der Waals surface area (Å²) in [5.41, 5.74) is 0. The fourth-order valence-electron chi connectivity index (χ4n) is 1.62. The Morgan fingerprint density at radius 2 is 1.93 bits per heavy atom. The minimum Gasteiger partial charge on any atom is -0.311 e. The van der Waals surface area contributed by atoms with E-state index in [0.29, 0.717) is 5.76 Å². The lowest BCUT2D eigenvalue weighted by Gasteiger charge is -2.19. The molecule has 0 amide bonds. The van der Waals surface area contributed by atoms with E-state index in [1.165, 1.54) is 19.3 Å². The Bertz CT molecular complexity index is 175. The monoisotopic (exact) mass is 216 g/mol. The fourth-order valence-corrected chi connectivity index (χ4v) is 1.62. The largest absolute Gasteiger partial charge is 0.311 e. The summed E-state index contributed by atoms with van der Waals surface area (Å²) in [6.07, 6.45) is 7.58. The number of hydrogen-bond acceptors (Lipinski definition) is 4. The predicted octanol–water partition coefficient (Wildman–Crippen LogP) is 3.44. The van der Waals surface area contributed by atoms with Crippen LogP contribution in [0, 0.1) is 0 Å². The van der Waals surface area contributed by atoms with Gasteiger partial charge in [0.2, 0.25) is 0 Å². The van der Waals surface area contributed by atoms with Gasteiger partial charge in [0.15, 0.2) is 0 Å². The summed E-state index contributed by atoms with van der Waals surface area (Å²) in [5.74, 6) is 0.546. The quantitative estimate of drug-likeness (QED) is 0.283. The third kappa shape index (κ3) is 5.77. The molecular formula is C11H20O4. The molecular weight excluding hydrogens is 196 g/mol. The number of hydrogen-bond donors (Lipinski definition) is 0. The van der Waals surface area contributed by atoms with E-state index in [0.717, 1.165) is 25.7 Å². The van der Waals surface area contributed by atoms with Crippen molar-refractivity contribution in [2.45, 2.75) is 58.0 Å². The van der Waals surface area contributed by atoms with Gasteiger partial charge in [-0.1, -0.05) is 32.8 Å². The maximum absolute atomic E-state index is 5.02. The predicted molar refractivity (Wildman–Crippen MR) is 55.3 cm³/mol. The molecule has 88 valence electrons. The van der Waals surface area contributed by atoms with Crippen LogP contribution in [0.4, 0.5) is 0 Å². The van der Waals surface area contributed by atoms with Crippen LogP contribution >= 0.6 is 0 Å². The molecule has 0 atom stereocenters. The average Bonchev–Trinajstić information content (AvgIpc) is 2.26. The Morgan fingerprint density at radius 1 is 1.20 bits per heavy atom. The smallest absolute Gasteiger partial charge is 0.138 e. The van der Waals surface area contributed by atoms with Gasteiger partial charge in [-0.05, 0) is 24.3 Å². The minimum absolute atomic E-state index is 0.141. The summed E-state index contributed by atoms with van der Waals surface area (Å²) in [7, 11) is 0. The van der Waals surface area contributed by atoms with Gasteiger partial charge in [0.05, 0.1) is 6.10 Å². The van der Waals surface area contributed by atoms with Gasteiger partial charge in [-0.25, -0.2) is 0 Å². The van der Waals surface area contributed by atoms with Crippen LogP contribution in [0.25, 0.3) is 0 Å². The third-order valence-electron chi connectivity index (χ3n) is 2.44. The molecule has 0 aromatic heterocycles. The van der Waals surface area contributed by atoms with Crippen molar-refractivity contribution in [3.05, 3.63) is 12.3 Å². The minimum atomic E-state index is 0.141. The van der Waals surface area contributed by atoms with Gasteiger partial charge in [-0.3, -0.25) is 0 Å².